The summed E-state index contributed by atoms with van der Waals surface area (Å²) in [5.74, 6) is 0.547. The summed E-state index contributed by atoms with van der Waals surface area (Å²) in [6.45, 7) is 0.762. The van der Waals surface area contributed by atoms with Crippen LogP contribution in [0.3, 0.4) is 0 Å². The van der Waals surface area contributed by atoms with E-state index in [1.54, 1.807) is 0 Å². The van der Waals surface area contributed by atoms with Gasteiger partial charge in [0.1, 0.15) is 0 Å². The molecule has 2 N–H and O–H groups in total. The Morgan fingerprint density at radius 2 is 2.31 bits per heavy atom. The van der Waals surface area contributed by atoms with Gasteiger partial charge in [0.25, 0.3) is 0 Å². The maximum atomic E-state index is 5.85. The molecule has 0 fully saturated rings. The van der Waals surface area contributed by atoms with Crippen LogP contribution in [0.2, 0.25) is 0 Å². The highest BCUT2D eigenvalue weighted by Gasteiger charge is 2.27. The third-order valence-electron chi connectivity index (χ3n) is 3.73. The van der Waals surface area contributed by atoms with Gasteiger partial charge in [-0.15, -0.1) is 0 Å². The van der Waals surface area contributed by atoms with Gasteiger partial charge in [-0.2, -0.15) is 0 Å². The second-order valence-electron chi connectivity index (χ2n) is 4.56. The summed E-state index contributed by atoms with van der Waals surface area (Å²) >= 11 is 3.55. The van der Waals surface area contributed by atoms with E-state index < -0.39 is 0 Å². The molecule has 1 aliphatic carbocycles. The molecule has 84 valence electrons. The van der Waals surface area contributed by atoms with Gasteiger partial charge < -0.3 is 10.3 Å². The summed E-state index contributed by atoms with van der Waals surface area (Å²) in [7, 11) is 2.16. The van der Waals surface area contributed by atoms with Crippen molar-refractivity contribution in [2.75, 3.05) is 6.54 Å². The molecule has 3 rings (SSSR count). The zero-order valence-electron chi connectivity index (χ0n) is 9.33. The van der Waals surface area contributed by atoms with Crippen molar-refractivity contribution in [3.05, 3.63) is 33.9 Å². The largest absolute Gasteiger partial charge is 0.347 e. The maximum Gasteiger partial charge on any atom is 0.0483 e. The maximum absolute atomic E-state index is 5.85. The summed E-state index contributed by atoms with van der Waals surface area (Å²) in [4.78, 5) is 0. The number of benzene rings is 1. The van der Waals surface area contributed by atoms with Crippen molar-refractivity contribution in [1.82, 2.24) is 4.57 Å². The Labute approximate surface area is 104 Å². The van der Waals surface area contributed by atoms with Gasteiger partial charge in [0, 0.05) is 40.6 Å². The number of aryl methyl sites for hydroxylation is 2. The molecule has 0 radical (unpaired) electrons. The lowest BCUT2D eigenvalue weighted by molar-refractivity contribution is 0.649. The highest BCUT2D eigenvalue weighted by atomic mass is 79.9. The number of aromatic nitrogens is 1. The van der Waals surface area contributed by atoms with Crippen LogP contribution in [-0.4, -0.2) is 11.1 Å². The van der Waals surface area contributed by atoms with E-state index in [4.69, 9.17) is 5.73 Å². The van der Waals surface area contributed by atoms with E-state index in [-0.39, 0.29) is 0 Å². The van der Waals surface area contributed by atoms with Crippen molar-refractivity contribution in [1.29, 1.82) is 0 Å². The molecule has 0 spiro atoms. The van der Waals surface area contributed by atoms with Crippen molar-refractivity contribution in [3.63, 3.8) is 0 Å². The van der Waals surface area contributed by atoms with E-state index in [9.17, 15) is 0 Å². The van der Waals surface area contributed by atoms with Crippen LogP contribution in [0.25, 0.3) is 10.9 Å². The average Bonchev–Trinajstić information content (AvgIpc) is 2.80. The Morgan fingerprint density at radius 3 is 3.06 bits per heavy atom. The van der Waals surface area contributed by atoms with Gasteiger partial charge in [-0.1, -0.05) is 15.9 Å². The van der Waals surface area contributed by atoms with Crippen LogP contribution >= 0.6 is 15.9 Å². The minimum Gasteiger partial charge on any atom is -0.347 e. The number of nitrogens with two attached hydrogens (primary N) is 1. The van der Waals surface area contributed by atoms with E-state index >= 15 is 0 Å². The normalized spacial score (nSPS) is 19.3. The Bertz CT molecular complexity index is 557. The molecule has 0 aliphatic heterocycles. The Kier molecular flexibility index (Phi) is 2.33. The minimum atomic E-state index is 0.547. The monoisotopic (exact) mass is 278 g/mol. The molecular weight excluding hydrogens is 264 g/mol. The number of hydrogen-bond donors (Lipinski definition) is 1. The van der Waals surface area contributed by atoms with E-state index in [2.05, 4.69) is 45.7 Å². The first kappa shape index (κ1) is 10.4. The Balaban J connectivity index is 2.34. The number of fused-ring (bicyclic) bond motifs is 3. The Morgan fingerprint density at radius 1 is 1.50 bits per heavy atom. The quantitative estimate of drug-likeness (QED) is 0.855. The van der Waals surface area contributed by atoms with Crippen LogP contribution in [0, 0.1) is 0 Å². The molecular formula is C13H15BrN2. The van der Waals surface area contributed by atoms with Gasteiger partial charge in [-0.25, -0.2) is 0 Å². The molecule has 1 atom stereocenters. The van der Waals surface area contributed by atoms with Crippen molar-refractivity contribution in [3.8, 4) is 0 Å². The van der Waals surface area contributed by atoms with Gasteiger partial charge in [-0.3, -0.25) is 0 Å². The zero-order chi connectivity index (χ0) is 11.3. The number of hydrogen-bond acceptors (Lipinski definition) is 1. The molecule has 1 aromatic heterocycles. The van der Waals surface area contributed by atoms with E-state index in [1.807, 2.05) is 0 Å². The molecule has 0 saturated carbocycles. The minimum absolute atomic E-state index is 0.547. The van der Waals surface area contributed by atoms with Crippen molar-refractivity contribution in [2.24, 2.45) is 12.8 Å². The van der Waals surface area contributed by atoms with E-state index in [0.29, 0.717) is 5.92 Å². The van der Waals surface area contributed by atoms with Crippen LogP contribution < -0.4 is 5.73 Å². The molecule has 1 heterocycles. The molecule has 1 unspecified atom stereocenters. The van der Waals surface area contributed by atoms with Crippen LogP contribution in [0.5, 0.6) is 0 Å². The first-order valence-corrected chi connectivity index (χ1v) is 6.48. The highest BCUT2D eigenvalue weighted by molar-refractivity contribution is 9.10. The molecule has 1 aromatic carbocycles. The molecule has 16 heavy (non-hydrogen) atoms. The molecule has 2 aromatic rings. The van der Waals surface area contributed by atoms with Gasteiger partial charge >= 0.3 is 0 Å². The summed E-state index contributed by atoms with van der Waals surface area (Å²) in [6, 6.07) is 6.52. The second kappa shape index (κ2) is 3.60. The standard InChI is InChI=1S/C13H15BrN2/c1-16-12-5-3-9(14)6-11(12)10-4-2-8(7-15)13(10)16/h3,5-6,8H,2,4,7,15H2,1H3. The van der Waals surface area contributed by atoms with Crippen molar-refractivity contribution in [2.45, 2.75) is 18.8 Å². The predicted octanol–water partition coefficient (Wildman–Crippen LogP) is 2.93. The number of halogens is 1. The first-order chi connectivity index (χ1) is 7.72. The number of nitrogens with zero attached hydrogens (tertiary/aromatic N) is 1. The van der Waals surface area contributed by atoms with Crippen LogP contribution in [0.15, 0.2) is 22.7 Å². The van der Waals surface area contributed by atoms with Gasteiger partial charge in [0.05, 0.1) is 0 Å². The lowest BCUT2D eigenvalue weighted by Crippen LogP contribution is -2.12. The lowest BCUT2D eigenvalue weighted by Gasteiger charge is -2.10. The fourth-order valence-electron chi connectivity index (χ4n) is 2.98. The average molecular weight is 279 g/mol. The van der Waals surface area contributed by atoms with Crippen LogP contribution in [-0.2, 0) is 13.5 Å². The lowest BCUT2D eigenvalue weighted by atomic mass is 10.1. The van der Waals surface area contributed by atoms with Crippen LogP contribution in [0.4, 0.5) is 0 Å². The van der Waals surface area contributed by atoms with E-state index in [1.165, 1.54) is 35.0 Å². The predicted molar refractivity (Wildman–Crippen MR) is 70.7 cm³/mol. The van der Waals surface area contributed by atoms with Gasteiger partial charge in [-0.05, 0) is 36.6 Å². The summed E-state index contributed by atoms with van der Waals surface area (Å²) in [5.41, 5.74) is 10.1. The summed E-state index contributed by atoms with van der Waals surface area (Å²) < 4.78 is 3.48. The number of rotatable bonds is 1. The SMILES string of the molecule is Cn1c2c(c3cc(Br)ccc31)CCC2CN. The molecule has 2 nitrogen and oxygen atoms in total. The molecule has 0 amide bonds. The summed E-state index contributed by atoms with van der Waals surface area (Å²) in [5, 5.41) is 1.39. The van der Waals surface area contributed by atoms with Crippen LogP contribution in [0.1, 0.15) is 23.6 Å². The smallest absolute Gasteiger partial charge is 0.0483 e. The zero-order valence-corrected chi connectivity index (χ0v) is 10.9. The fraction of sp³-hybridized carbons (Fsp3) is 0.385. The second-order valence-corrected chi connectivity index (χ2v) is 5.47. The van der Waals surface area contributed by atoms with Crippen molar-refractivity contribution < 1.29 is 0 Å². The third kappa shape index (κ3) is 1.28. The van der Waals surface area contributed by atoms with Gasteiger partial charge in [0.2, 0.25) is 0 Å². The third-order valence-corrected chi connectivity index (χ3v) is 4.22. The summed E-state index contributed by atoms with van der Waals surface area (Å²) in [6.07, 6.45) is 2.38. The van der Waals surface area contributed by atoms with Gasteiger partial charge in [0.15, 0.2) is 0 Å². The fourth-order valence-corrected chi connectivity index (χ4v) is 3.34. The topological polar surface area (TPSA) is 30.9 Å². The first-order valence-electron chi connectivity index (χ1n) is 5.69. The Hall–Kier alpha value is -0.800. The van der Waals surface area contributed by atoms with Crippen molar-refractivity contribution >= 4 is 26.8 Å². The highest BCUT2D eigenvalue weighted by Crippen LogP contribution is 2.39. The molecule has 0 bridgehead atoms. The molecule has 3 heteroatoms. The molecule has 0 saturated heterocycles. The molecule has 1 aliphatic rings. The van der Waals surface area contributed by atoms with E-state index in [0.717, 1.165) is 11.0 Å².